The molecule has 1 saturated carbocycles. The zero-order valence-electron chi connectivity index (χ0n) is 10.8. The summed E-state index contributed by atoms with van der Waals surface area (Å²) in [6.45, 7) is 0.407. The third-order valence-corrected chi connectivity index (χ3v) is 3.37. The van der Waals surface area contributed by atoms with Gasteiger partial charge in [-0.05, 0) is 30.5 Å². The van der Waals surface area contributed by atoms with Gasteiger partial charge in [-0.2, -0.15) is 0 Å². The lowest BCUT2D eigenvalue weighted by Crippen LogP contribution is -2.28. The van der Waals surface area contributed by atoms with Crippen LogP contribution in [0, 0.1) is 11.8 Å². The summed E-state index contributed by atoms with van der Waals surface area (Å²) in [6.07, 6.45) is 0.982. The van der Waals surface area contributed by atoms with Gasteiger partial charge in [-0.15, -0.1) is 0 Å². The summed E-state index contributed by atoms with van der Waals surface area (Å²) < 4.78 is 0. The number of carboxylic acids is 1. The SMILES string of the molecule is NC(=O)c1cccc(CCNC(=O)[C@@H]2C[C@H]2C(=O)O)c1. The molecule has 0 radical (unpaired) electrons. The van der Waals surface area contributed by atoms with Crippen LogP contribution in [0.4, 0.5) is 0 Å². The average molecular weight is 276 g/mol. The maximum absolute atomic E-state index is 11.6. The van der Waals surface area contributed by atoms with Gasteiger partial charge in [-0.3, -0.25) is 14.4 Å². The number of hydrogen-bond acceptors (Lipinski definition) is 3. The Balaban J connectivity index is 1.79. The number of carbonyl (C=O) groups excluding carboxylic acids is 2. The fraction of sp³-hybridized carbons (Fsp3) is 0.357. The topological polar surface area (TPSA) is 109 Å². The Morgan fingerprint density at radius 2 is 2.05 bits per heavy atom. The normalized spacial score (nSPS) is 20.2. The highest BCUT2D eigenvalue weighted by molar-refractivity contribution is 5.93. The lowest BCUT2D eigenvalue weighted by Gasteiger charge is -2.05. The molecule has 6 nitrogen and oxygen atoms in total. The minimum Gasteiger partial charge on any atom is -0.481 e. The van der Waals surface area contributed by atoms with Crippen LogP contribution in [0.2, 0.25) is 0 Å². The van der Waals surface area contributed by atoms with E-state index in [1.165, 1.54) is 0 Å². The van der Waals surface area contributed by atoms with Crippen molar-refractivity contribution in [1.29, 1.82) is 0 Å². The molecule has 2 amide bonds. The monoisotopic (exact) mass is 276 g/mol. The Morgan fingerprint density at radius 1 is 1.30 bits per heavy atom. The van der Waals surface area contributed by atoms with E-state index in [0.29, 0.717) is 24.9 Å². The molecule has 2 atom stereocenters. The Kier molecular flexibility index (Phi) is 4.02. The molecule has 0 aliphatic heterocycles. The Hall–Kier alpha value is -2.37. The Bertz CT molecular complexity index is 556. The number of aliphatic carboxylic acids is 1. The summed E-state index contributed by atoms with van der Waals surface area (Å²) in [5, 5.41) is 11.4. The van der Waals surface area contributed by atoms with E-state index in [2.05, 4.69) is 5.32 Å². The van der Waals surface area contributed by atoms with E-state index < -0.39 is 23.7 Å². The molecule has 20 heavy (non-hydrogen) atoms. The molecular weight excluding hydrogens is 260 g/mol. The molecule has 2 rings (SSSR count). The van der Waals surface area contributed by atoms with E-state index in [9.17, 15) is 14.4 Å². The summed E-state index contributed by atoms with van der Waals surface area (Å²) in [5.74, 6) is -2.56. The summed E-state index contributed by atoms with van der Waals surface area (Å²) >= 11 is 0. The lowest BCUT2D eigenvalue weighted by atomic mass is 10.1. The molecule has 0 spiro atoms. The molecule has 1 aliphatic carbocycles. The van der Waals surface area contributed by atoms with Crippen molar-refractivity contribution in [3.05, 3.63) is 35.4 Å². The highest BCUT2D eigenvalue weighted by atomic mass is 16.4. The number of hydrogen-bond donors (Lipinski definition) is 3. The van der Waals surface area contributed by atoms with Crippen LogP contribution in [0.25, 0.3) is 0 Å². The van der Waals surface area contributed by atoms with Gasteiger partial charge in [-0.25, -0.2) is 0 Å². The van der Waals surface area contributed by atoms with Crippen LogP contribution in [0.5, 0.6) is 0 Å². The van der Waals surface area contributed by atoms with Gasteiger partial charge in [0.1, 0.15) is 0 Å². The molecule has 106 valence electrons. The zero-order valence-corrected chi connectivity index (χ0v) is 10.8. The van der Waals surface area contributed by atoms with Gasteiger partial charge in [-0.1, -0.05) is 12.1 Å². The quantitative estimate of drug-likeness (QED) is 0.687. The predicted octanol–water partition coefficient (Wildman–Crippen LogP) is 0.165. The first-order valence-electron chi connectivity index (χ1n) is 6.38. The van der Waals surface area contributed by atoms with E-state index in [4.69, 9.17) is 10.8 Å². The first-order valence-corrected chi connectivity index (χ1v) is 6.38. The number of rotatable bonds is 6. The zero-order chi connectivity index (χ0) is 14.7. The van der Waals surface area contributed by atoms with Gasteiger partial charge in [0, 0.05) is 12.1 Å². The molecule has 0 saturated heterocycles. The van der Waals surface area contributed by atoms with Crippen LogP contribution >= 0.6 is 0 Å². The molecule has 0 heterocycles. The third kappa shape index (κ3) is 3.34. The van der Waals surface area contributed by atoms with Gasteiger partial charge in [0.2, 0.25) is 11.8 Å². The largest absolute Gasteiger partial charge is 0.481 e. The van der Waals surface area contributed by atoms with Gasteiger partial charge < -0.3 is 16.2 Å². The molecule has 6 heteroatoms. The van der Waals surface area contributed by atoms with Crippen molar-refractivity contribution in [1.82, 2.24) is 5.32 Å². The van der Waals surface area contributed by atoms with Crippen molar-refractivity contribution in [3.8, 4) is 0 Å². The van der Waals surface area contributed by atoms with Crippen molar-refractivity contribution in [2.45, 2.75) is 12.8 Å². The van der Waals surface area contributed by atoms with Crippen molar-refractivity contribution in [2.24, 2.45) is 17.6 Å². The van der Waals surface area contributed by atoms with Gasteiger partial charge >= 0.3 is 5.97 Å². The predicted molar refractivity (Wildman–Crippen MR) is 70.9 cm³/mol. The maximum atomic E-state index is 11.6. The van der Waals surface area contributed by atoms with Crippen LogP contribution in [0.3, 0.4) is 0 Å². The summed E-state index contributed by atoms with van der Waals surface area (Å²) in [6, 6.07) is 6.89. The van der Waals surface area contributed by atoms with Crippen LogP contribution in [-0.2, 0) is 16.0 Å². The summed E-state index contributed by atoms with van der Waals surface area (Å²) in [5.41, 5.74) is 6.51. The number of benzene rings is 1. The number of nitrogens with two attached hydrogens (primary N) is 1. The molecular formula is C14H16N2O4. The van der Waals surface area contributed by atoms with Crippen molar-refractivity contribution >= 4 is 17.8 Å². The molecule has 0 bridgehead atoms. The van der Waals surface area contributed by atoms with Gasteiger partial charge in [0.05, 0.1) is 11.8 Å². The van der Waals surface area contributed by atoms with Gasteiger partial charge in [0.15, 0.2) is 0 Å². The minimum absolute atomic E-state index is 0.219. The highest BCUT2D eigenvalue weighted by Gasteiger charge is 2.48. The smallest absolute Gasteiger partial charge is 0.307 e. The lowest BCUT2D eigenvalue weighted by molar-refractivity contribution is -0.140. The third-order valence-electron chi connectivity index (χ3n) is 3.37. The molecule has 4 N–H and O–H groups in total. The molecule has 1 aliphatic rings. The van der Waals surface area contributed by atoms with Gasteiger partial charge in [0.25, 0.3) is 0 Å². The first-order chi connectivity index (χ1) is 9.49. The molecule has 1 aromatic rings. The summed E-state index contributed by atoms with van der Waals surface area (Å²) in [4.78, 5) is 33.3. The molecule has 0 aromatic heterocycles. The van der Waals surface area contributed by atoms with Crippen LogP contribution in [0.15, 0.2) is 24.3 Å². The fourth-order valence-corrected chi connectivity index (χ4v) is 2.10. The standard InChI is InChI=1S/C14H16N2O4/c15-12(17)9-3-1-2-8(6-9)4-5-16-13(18)10-7-11(10)14(19)20/h1-3,6,10-11H,4-5,7H2,(H2,15,17)(H,16,18)(H,19,20)/t10-,11-/m1/s1. The number of carboxylic acid groups (broad SMARTS) is 1. The number of primary amides is 1. The number of carbonyl (C=O) groups is 3. The van der Waals surface area contributed by atoms with E-state index in [1.54, 1.807) is 18.2 Å². The van der Waals surface area contributed by atoms with E-state index in [0.717, 1.165) is 5.56 Å². The van der Waals surface area contributed by atoms with Crippen molar-refractivity contribution in [3.63, 3.8) is 0 Å². The Labute approximate surface area is 116 Å². The second-order valence-corrected chi connectivity index (χ2v) is 4.89. The summed E-state index contributed by atoms with van der Waals surface area (Å²) in [7, 11) is 0. The van der Waals surface area contributed by atoms with Crippen LogP contribution in [-0.4, -0.2) is 29.4 Å². The molecule has 0 unspecified atom stereocenters. The van der Waals surface area contributed by atoms with E-state index in [-0.39, 0.29) is 5.91 Å². The maximum Gasteiger partial charge on any atom is 0.307 e. The molecule has 1 fully saturated rings. The second-order valence-electron chi connectivity index (χ2n) is 4.89. The number of nitrogens with one attached hydrogen (secondary N) is 1. The second kappa shape index (κ2) is 5.73. The van der Waals surface area contributed by atoms with Crippen LogP contribution < -0.4 is 11.1 Å². The molecule has 1 aromatic carbocycles. The highest BCUT2D eigenvalue weighted by Crippen LogP contribution is 2.38. The number of amides is 2. The van der Waals surface area contributed by atoms with Crippen molar-refractivity contribution in [2.75, 3.05) is 6.54 Å². The average Bonchev–Trinajstić information content (AvgIpc) is 3.19. The van der Waals surface area contributed by atoms with Crippen molar-refractivity contribution < 1.29 is 19.5 Å². The fourth-order valence-electron chi connectivity index (χ4n) is 2.10. The Morgan fingerprint density at radius 3 is 2.65 bits per heavy atom. The van der Waals surface area contributed by atoms with Crippen LogP contribution in [0.1, 0.15) is 22.3 Å². The first kappa shape index (κ1) is 14.0. The van der Waals surface area contributed by atoms with E-state index >= 15 is 0 Å². The van der Waals surface area contributed by atoms with E-state index in [1.807, 2.05) is 6.07 Å². The minimum atomic E-state index is -0.917.